The first-order valence-corrected chi connectivity index (χ1v) is 6.26. The maximum absolute atomic E-state index is 13.6. The fourth-order valence-corrected chi connectivity index (χ4v) is 2.32. The van der Waals surface area contributed by atoms with Gasteiger partial charge in [-0.1, -0.05) is 11.6 Å². The van der Waals surface area contributed by atoms with Crippen LogP contribution in [-0.4, -0.2) is 36.0 Å². The van der Waals surface area contributed by atoms with E-state index in [0.717, 1.165) is 0 Å². The fourth-order valence-electron chi connectivity index (χ4n) is 2.15. The van der Waals surface area contributed by atoms with E-state index < -0.39 is 5.82 Å². The molecule has 0 aliphatic carbocycles. The van der Waals surface area contributed by atoms with Crippen molar-refractivity contribution < 1.29 is 9.18 Å². The van der Waals surface area contributed by atoms with Crippen LogP contribution in [0, 0.1) is 5.82 Å². The van der Waals surface area contributed by atoms with E-state index >= 15 is 0 Å². The van der Waals surface area contributed by atoms with Gasteiger partial charge in [0.1, 0.15) is 5.82 Å². The number of nitrogens with one attached hydrogen (secondary N) is 1. The van der Waals surface area contributed by atoms with Gasteiger partial charge in [-0.2, -0.15) is 0 Å². The van der Waals surface area contributed by atoms with Crippen molar-refractivity contribution in [2.75, 3.05) is 19.6 Å². The molecule has 5 heteroatoms. The van der Waals surface area contributed by atoms with Gasteiger partial charge in [0.15, 0.2) is 0 Å². The van der Waals surface area contributed by atoms with Crippen LogP contribution in [0.5, 0.6) is 0 Å². The van der Waals surface area contributed by atoms with Crippen LogP contribution >= 0.6 is 11.6 Å². The molecule has 18 heavy (non-hydrogen) atoms. The molecule has 1 aliphatic heterocycles. The first kappa shape index (κ1) is 13.3. The van der Waals surface area contributed by atoms with Crippen LogP contribution < -0.4 is 5.32 Å². The van der Waals surface area contributed by atoms with Gasteiger partial charge in [-0.05, 0) is 32.0 Å². The number of hydrogen-bond donors (Lipinski definition) is 1. The van der Waals surface area contributed by atoms with Crippen molar-refractivity contribution in [3.8, 4) is 0 Å². The molecule has 1 fully saturated rings. The summed E-state index contributed by atoms with van der Waals surface area (Å²) in [5.41, 5.74) is -0.108. The third-order valence-electron chi connectivity index (χ3n) is 3.02. The van der Waals surface area contributed by atoms with Gasteiger partial charge in [-0.3, -0.25) is 4.79 Å². The standard InChI is InChI=1S/C13H16ClFN2O/c1-13(2)8-17(6-5-16-13)12(18)10-7-9(14)3-4-11(10)15/h3-4,7,16H,5-6,8H2,1-2H3. The number of carbonyl (C=O) groups excluding carboxylic acids is 1. The van der Waals surface area contributed by atoms with Crippen molar-refractivity contribution in [2.24, 2.45) is 0 Å². The summed E-state index contributed by atoms with van der Waals surface area (Å²) in [6.45, 7) is 5.87. The van der Waals surface area contributed by atoms with Crippen molar-refractivity contribution >= 4 is 17.5 Å². The molecule has 1 aliphatic rings. The Hall–Kier alpha value is -1.13. The Kier molecular flexibility index (Phi) is 3.59. The second-order valence-electron chi connectivity index (χ2n) is 5.16. The highest BCUT2D eigenvalue weighted by atomic mass is 35.5. The molecule has 3 nitrogen and oxygen atoms in total. The smallest absolute Gasteiger partial charge is 0.256 e. The van der Waals surface area contributed by atoms with Crippen LogP contribution in [0.3, 0.4) is 0 Å². The Morgan fingerprint density at radius 1 is 1.50 bits per heavy atom. The SMILES string of the molecule is CC1(C)CN(C(=O)c2cc(Cl)ccc2F)CCN1. The molecular weight excluding hydrogens is 255 g/mol. The number of carbonyl (C=O) groups is 1. The molecule has 1 heterocycles. The quantitative estimate of drug-likeness (QED) is 0.849. The van der Waals surface area contributed by atoms with Gasteiger partial charge in [0.25, 0.3) is 5.91 Å². The minimum absolute atomic E-state index is 0.0419. The number of halogens is 2. The average Bonchev–Trinajstić information content (AvgIpc) is 2.30. The molecule has 2 rings (SSSR count). The Bertz CT molecular complexity index is 476. The molecule has 0 radical (unpaired) electrons. The lowest BCUT2D eigenvalue weighted by molar-refractivity contribution is 0.0647. The fraction of sp³-hybridized carbons (Fsp3) is 0.462. The zero-order valence-electron chi connectivity index (χ0n) is 10.5. The molecule has 1 amide bonds. The normalized spacial score (nSPS) is 18.8. The molecule has 0 aromatic heterocycles. The number of piperazine rings is 1. The van der Waals surface area contributed by atoms with Crippen LogP contribution in [-0.2, 0) is 0 Å². The summed E-state index contributed by atoms with van der Waals surface area (Å²) in [5.74, 6) is -0.828. The van der Waals surface area contributed by atoms with Gasteiger partial charge in [0, 0.05) is 30.2 Å². The number of benzene rings is 1. The number of rotatable bonds is 1. The van der Waals surface area contributed by atoms with Crippen LogP contribution in [0.25, 0.3) is 0 Å². The summed E-state index contributed by atoms with van der Waals surface area (Å²) >= 11 is 5.81. The zero-order chi connectivity index (χ0) is 13.3. The summed E-state index contributed by atoms with van der Waals surface area (Å²) in [5, 5.41) is 3.68. The molecular formula is C13H16ClFN2O. The van der Waals surface area contributed by atoms with Crippen molar-refractivity contribution in [2.45, 2.75) is 19.4 Å². The number of amides is 1. The van der Waals surface area contributed by atoms with E-state index in [1.807, 2.05) is 13.8 Å². The van der Waals surface area contributed by atoms with Gasteiger partial charge in [-0.15, -0.1) is 0 Å². The summed E-state index contributed by atoms with van der Waals surface area (Å²) in [7, 11) is 0. The lowest BCUT2D eigenvalue weighted by Gasteiger charge is -2.39. The lowest BCUT2D eigenvalue weighted by Crippen LogP contribution is -2.58. The van der Waals surface area contributed by atoms with E-state index in [-0.39, 0.29) is 17.0 Å². The first-order valence-electron chi connectivity index (χ1n) is 5.88. The molecule has 0 unspecified atom stereocenters. The van der Waals surface area contributed by atoms with Gasteiger partial charge in [0.2, 0.25) is 0 Å². The van der Waals surface area contributed by atoms with Crippen molar-refractivity contribution in [3.63, 3.8) is 0 Å². The van der Waals surface area contributed by atoms with Gasteiger partial charge < -0.3 is 10.2 Å². The zero-order valence-corrected chi connectivity index (χ0v) is 11.2. The number of hydrogen-bond acceptors (Lipinski definition) is 2. The highest BCUT2D eigenvalue weighted by Gasteiger charge is 2.30. The Morgan fingerprint density at radius 2 is 2.22 bits per heavy atom. The highest BCUT2D eigenvalue weighted by Crippen LogP contribution is 2.19. The number of nitrogens with zero attached hydrogens (tertiary/aromatic N) is 1. The third kappa shape index (κ3) is 2.82. The Morgan fingerprint density at radius 3 is 2.89 bits per heavy atom. The Labute approximate surface area is 111 Å². The molecule has 98 valence electrons. The van der Waals surface area contributed by atoms with Crippen LogP contribution in [0.15, 0.2) is 18.2 Å². The predicted molar refractivity (Wildman–Crippen MR) is 69.4 cm³/mol. The van der Waals surface area contributed by atoms with Crippen LogP contribution in [0.4, 0.5) is 4.39 Å². The predicted octanol–water partition coefficient (Wildman–Crippen LogP) is 2.30. The largest absolute Gasteiger partial charge is 0.335 e. The molecule has 1 aromatic rings. The van der Waals surface area contributed by atoms with Crippen molar-refractivity contribution in [3.05, 3.63) is 34.6 Å². The maximum atomic E-state index is 13.6. The average molecular weight is 271 g/mol. The van der Waals surface area contributed by atoms with Gasteiger partial charge in [-0.25, -0.2) is 4.39 Å². The van der Waals surface area contributed by atoms with E-state index in [9.17, 15) is 9.18 Å². The molecule has 1 N–H and O–H groups in total. The third-order valence-corrected chi connectivity index (χ3v) is 3.25. The highest BCUT2D eigenvalue weighted by molar-refractivity contribution is 6.31. The van der Waals surface area contributed by atoms with E-state index in [1.165, 1.54) is 18.2 Å². The summed E-state index contributed by atoms with van der Waals surface area (Å²) in [6.07, 6.45) is 0. The summed E-state index contributed by atoms with van der Waals surface area (Å²) < 4.78 is 13.6. The molecule has 0 bridgehead atoms. The van der Waals surface area contributed by atoms with E-state index in [4.69, 9.17) is 11.6 Å². The Balaban J connectivity index is 2.23. The molecule has 1 aromatic carbocycles. The molecule has 1 saturated heterocycles. The molecule has 0 atom stereocenters. The minimum atomic E-state index is -0.527. The van der Waals surface area contributed by atoms with Crippen LogP contribution in [0.2, 0.25) is 5.02 Å². The van der Waals surface area contributed by atoms with E-state index in [0.29, 0.717) is 24.7 Å². The van der Waals surface area contributed by atoms with E-state index in [2.05, 4.69) is 5.32 Å². The van der Waals surface area contributed by atoms with Crippen molar-refractivity contribution in [1.29, 1.82) is 0 Å². The van der Waals surface area contributed by atoms with Gasteiger partial charge >= 0.3 is 0 Å². The lowest BCUT2D eigenvalue weighted by atomic mass is 10.0. The maximum Gasteiger partial charge on any atom is 0.256 e. The summed E-state index contributed by atoms with van der Waals surface area (Å²) in [6, 6.07) is 4.05. The first-order chi connectivity index (χ1) is 8.39. The van der Waals surface area contributed by atoms with Crippen molar-refractivity contribution in [1.82, 2.24) is 10.2 Å². The van der Waals surface area contributed by atoms with E-state index in [1.54, 1.807) is 4.90 Å². The molecule has 0 saturated carbocycles. The van der Waals surface area contributed by atoms with Gasteiger partial charge in [0.05, 0.1) is 5.56 Å². The second kappa shape index (κ2) is 4.86. The molecule has 0 spiro atoms. The monoisotopic (exact) mass is 270 g/mol. The minimum Gasteiger partial charge on any atom is -0.335 e. The summed E-state index contributed by atoms with van der Waals surface area (Å²) in [4.78, 5) is 13.9. The van der Waals surface area contributed by atoms with Crippen LogP contribution in [0.1, 0.15) is 24.2 Å². The topological polar surface area (TPSA) is 32.3 Å². The second-order valence-corrected chi connectivity index (χ2v) is 5.60.